The Morgan fingerprint density at radius 3 is 2.81 bits per heavy atom. The molecule has 0 aliphatic rings. The SMILES string of the molecule is Nc1c(Cl)cccc1NCc1ccc(Br)s1. The molecular formula is C11H10BrClN2S. The molecule has 0 amide bonds. The average molecular weight is 318 g/mol. The maximum absolute atomic E-state index is 5.93. The van der Waals surface area contributed by atoms with E-state index in [1.807, 2.05) is 18.2 Å². The summed E-state index contributed by atoms with van der Waals surface area (Å²) in [5, 5.41) is 3.84. The van der Waals surface area contributed by atoms with Gasteiger partial charge in [-0.15, -0.1) is 11.3 Å². The van der Waals surface area contributed by atoms with E-state index >= 15 is 0 Å². The average Bonchev–Trinajstić information content (AvgIpc) is 2.67. The maximum atomic E-state index is 5.93. The van der Waals surface area contributed by atoms with E-state index in [0.29, 0.717) is 10.7 Å². The number of benzene rings is 1. The molecule has 84 valence electrons. The first-order chi connectivity index (χ1) is 7.66. The summed E-state index contributed by atoms with van der Waals surface area (Å²) < 4.78 is 1.13. The molecule has 1 aromatic carbocycles. The summed E-state index contributed by atoms with van der Waals surface area (Å²) >= 11 is 11.1. The highest BCUT2D eigenvalue weighted by Gasteiger charge is 2.03. The molecular weight excluding hydrogens is 308 g/mol. The summed E-state index contributed by atoms with van der Waals surface area (Å²) in [6.45, 7) is 0.751. The number of rotatable bonds is 3. The summed E-state index contributed by atoms with van der Waals surface area (Å²) in [6.07, 6.45) is 0. The van der Waals surface area contributed by atoms with Crippen LogP contribution in [0.15, 0.2) is 34.1 Å². The van der Waals surface area contributed by atoms with E-state index in [4.69, 9.17) is 17.3 Å². The van der Waals surface area contributed by atoms with Crippen LogP contribution in [0.1, 0.15) is 4.88 Å². The Morgan fingerprint density at radius 1 is 1.31 bits per heavy atom. The summed E-state index contributed by atoms with van der Waals surface area (Å²) in [5.41, 5.74) is 7.32. The van der Waals surface area contributed by atoms with E-state index < -0.39 is 0 Å². The zero-order chi connectivity index (χ0) is 11.5. The Labute approximate surface area is 112 Å². The van der Waals surface area contributed by atoms with Crippen molar-refractivity contribution in [3.8, 4) is 0 Å². The van der Waals surface area contributed by atoms with Gasteiger partial charge < -0.3 is 11.1 Å². The number of halogens is 2. The lowest BCUT2D eigenvalue weighted by Gasteiger charge is -2.08. The van der Waals surface area contributed by atoms with Gasteiger partial charge in [0.25, 0.3) is 0 Å². The van der Waals surface area contributed by atoms with Crippen molar-refractivity contribution in [1.29, 1.82) is 0 Å². The minimum absolute atomic E-state index is 0.581. The molecule has 1 heterocycles. The van der Waals surface area contributed by atoms with Gasteiger partial charge in [0.1, 0.15) is 0 Å². The summed E-state index contributed by atoms with van der Waals surface area (Å²) in [6, 6.07) is 9.69. The van der Waals surface area contributed by atoms with Crippen LogP contribution in [0.25, 0.3) is 0 Å². The largest absolute Gasteiger partial charge is 0.396 e. The van der Waals surface area contributed by atoms with Crippen LogP contribution in [0.2, 0.25) is 5.02 Å². The van der Waals surface area contributed by atoms with Gasteiger partial charge in [0.05, 0.1) is 20.2 Å². The third kappa shape index (κ3) is 2.70. The summed E-state index contributed by atoms with van der Waals surface area (Å²) in [4.78, 5) is 1.24. The fraction of sp³-hybridized carbons (Fsp3) is 0.0909. The lowest BCUT2D eigenvalue weighted by atomic mass is 10.2. The topological polar surface area (TPSA) is 38.0 Å². The van der Waals surface area contributed by atoms with Gasteiger partial charge in [-0.25, -0.2) is 0 Å². The lowest BCUT2D eigenvalue weighted by molar-refractivity contribution is 1.19. The Hall–Kier alpha value is -0.710. The summed E-state index contributed by atoms with van der Waals surface area (Å²) in [7, 11) is 0. The Balaban J connectivity index is 2.07. The van der Waals surface area contributed by atoms with Crippen LogP contribution in [0.3, 0.4) is 0 Å². The molecule has 0 fully saturated rings. The third-order valence-electron chi connectivity index (χ3n) is 2.13. The second-order valence-corrected chi connectivity index (χ2v) is 6.22. The van der Waals surface area contributed by atoms with Gasteiger partial charge >= 0.3 is 0 Å². The first-order valence-electron chi connectivity index (χ1n) is 4.69. The van der Waals surface area contributed by atoms with Crippen molar-refractivity contribution in [2.45, 2.75) is 6.54 Å². The van der Waals surface area contributed by atoms with E-state index in [2.05, 4.69) is 27.3 Å². The fourth-order valence-electron chi connectivity index (χ4n) is 1.32. The first-order valence-corrected chi connectivity index (χ1v) is 6.67. The van der Waals surface area contributed by atoms with Crippen molar-refractivity contribution >= 4 is 50.2 Å². The van der Waals surface area contributed by atoms with E-state index in [0.717, 1.165) is 16.0 Å². The Morgan fingerprint density at radius 2 is 2.12 bits per heavy atom. The highest BCUT2D eigenvalue weighted by atomic mass is 79.9. The molecule has 2 nitrogen and oxygen atoms in total. The highest BCUT2D eigenvalue weighted by molar-refractivity contribution is 9.11. The van der Waals surface area contributed by atoms with Crippen molar-refractivity contribution in [2.24, 2.45) is 0 Å². The molecule has 2 aromatic rings. The van der Waals surface area contributed by atoms with E-state index in [1.165, 1.54) is 4.88 Å². The van der Waals surface area contributed by atoms with Crippen molar-refractivity contribution in [3.05, 3.63) is 44.0 Å². The van der Waals surface area contributed by atoms with Gasteiger partial charge in [-0.2, -0.15) is 0 Å². The minimum Gasteiger partial charge on any atom is -0.396 e. The molecule has 0 saturated heterocycles. The predicted octanol–water partition coefficient (Wildman–Crippen LogP) is 4.36. The number of hydrogen-bond donors (Lipinski definition) is 2. The van der Waals surface area contributed by atoms with Gasteiger partial charge in [0.2, 0.25) is 0 Å². The minimum atomic E-state index is 0.581. The normalized spacial score (nSPS) is 10.4. The quantitative estimate of drug-likeness (QED) is 0.826. The van der Waals surface area contributed by atoms with Crippen molar-refractivity contribution in [1.82, 2.24) is 0 Å². The zero-order valence-corrected chi connectivity index (χ0v) is 11.5. The van der Waals surface area contributed by atoms with E-state index in [1.54, 1.807) is 17.4 Å². The van der Waals surface area contributed by atoms with Gasteiger partial charge in [-0.3, -0.25) is 0 Å². The molecule has 0 bridgehead atoms. The third-order valence-corrected chi connectivity index (χ3v) is 4.09. The number of nitrogens with two attached hydrogens (primary N) is 1. The first kappa shape index (κ1) is 11.8. The van der Waals surface area contributed by atoms with Crippen molar-refractivity contribution < 1.29 is 0 Å². The maximum Gasteiger partial charge on any atom is 0.0739 e. The van der Waals surface area contributed by atoms with Crippen LogP contribution in [-0.4, -0.2) is 0 Å². The van der Waals surface area contributed by atoms with Gasteiger partial charge in [-0.05, 0) is 40.2 Å². The highest BCUT2D eigenvalue weighted by Crippen LogP contribution is 2.28. The second-order valence-electron chi connectivity index (χ2n) is 3.26. The van der Waals surface area contributed by atoms with E-state index in [-0.39, 0.29) is 0 Å². The second kappa shape index (κ2) is 5.08. The van der Waals surface area contributed by atoms with Crippen molar-refractivity contribution in [2.75, 3.05) is 11.1 Å². The molecule has 1 aromatic heterocycles. The molecule has 0 spiro atoms. The molecule has 0 unspecified atom stereocenters. The van der Waals surface area contributed by atoms with Crippen LogP contribution >= 0.6 is 38.9 Å². The van der Waals surface area contributed by atoms with Crippen molar-refractivity contribution in [3.63, 3.8) is 0 Å². The predicted molar refractivity (Wildman–Crippen MR) is 75.2 cm³/mol. The number of nitrogens with one attached hydrogen (secondary N) is 1. The molecule has 0 atom stereocenters. The molecule has 0 aliphatic carbocycles. The number of thiophene rings is 1. The van der Waals surface area contributed by atoms with Crippen LogP contribution < -0.4 is 11.1 Å². The molecule has 3 N–H and O–H groups in total. The van der Waals surface area contributed by atoms with Gasteiger partial charge in [0, 0.05) is 11.4 Å². The van der Waals surface area contributed by atoms with Gasteiger partial charge in [0.15, 0.2) is 0 Å². The number of nitrogen functional groups attached to an aromatic ring is 1. The summed E-state index contributed by atoms with van der Waals surface area (Å²) in [5.74, 6) is 0. The molecule has 0 saturated carbocycles. The zero-order valence-electron chi connectivity index (χ0n) is 8.34. The Bertz CT molecular complexity index is 498. The van der Waals surface area contributed by atoms with Crippen LogP contribution in [0, 0.1) is 0 Å². The molecule has 2 rings (SSSR count). The standard InChI is InChI=1S/C11H10BrClN2S/c12-10-5-4-7(16-10)6-15-9-3-1-2-8(13)11(9)14/h1-5,15H,6,14H2. The fourth-order valence-corrected chi connectivity index (χ4v) is 2.92. The number of anilines is 2. The van der Waals surface area contributed by atoms with Crippen LogP contribution in [0.5, 0.6) is 0 Å². The molecule has 16 heavy (non-hydrogen) atoms. The Kier molecular flexibility index (Phi) is 3.74. The molecule has 5 heteroatoms. The van der Waals surface area contributed by atoms with Crippen LogP contribution in [-0.2, 0) is 6.54 Å². The number of hydrogen-bond acceptors (Lipinski definition) is 3. The molecule has 0 aliphatic heterocycles. The number of para-hydroxylation sites is 1. The molecule has 0 radical (unpaired) electrons. The monoisotopic (exact) mass is 316 g/mol. The lowest BCUT2D eigenvalue weighted by Crippen LogP contribution is -2.01. The smallest absolute Gasteiger partial charge is 0.0739 e. The van der Waals surface area contributed by atoms with Gasteiger partial charge in [-0.1, -0.05) is 17.7 Å². The van der Waals surface area contributed by atoms with E-state index in [9.17, 15) is 0 Å². The van der Waals surface area contributed by atoms with Crippen LogP contribution in [0.4, 0.5) is 11.4 Å².